The van der Waals surface area contributed by atoms with E-state index in [1.165, 1.54) is 10.6 Å². The van der Waals surface area contributed by atoms with Gasteiger partial charge >= 0.3 is 0 Å². The van der Waals surface area contributed by atoms with Crippen LogP contribution in [0.1, 0.15) is 25.0 Å². The lowest BCUT2D eigenvalue weighted by molar-refractivity contribution is -0.146. The molecule has 24 heavy (non-hydrogen) atoms. The lowest BCUT2D eigenvalue weighted by atomic mass is 10.1. The monoisotopic (exact) mass is 479 g/mol. The summed E-state index contributed by atoms with van der Waals surface area (Å²) in [6.07, 6.45) is 3.86. The molecule has 1 aliphatic rings. The highest BCUT2D eigenvalue weighted by atomic mass is 79.9. The number of halogens is 3. The first-order valence-corrected chi connectivity index (χ1v) is 8.54. The Balaban J connectivity index is 0.00000288. The molecule has 0 fully saturated rings. The van der Waals surface area contributed by atoms with Gasteiger partial charge in [0.25, 0.3) is 0 Å². The van der Waals surface area contributed by atoms with Gasteiger partial charge in [0.2, 0.25) is 11.9 Å². The minimum atomic E-state index is -0.697. The molecule has 1 aromatic rings. The Morgan fingerprint density at radius 3 is 2.54 bits per heavy atom. The third-order valence-electron chi connectivity index (χ3n) is 3.20. The van der Waals surface area contributed by atoms with Crippen molar-refractivity contribution in [2.45, 2.75) is 26.4 Å². The standard InChI is InChI=1S/C15H19Br2N5O.ClH/c1-9-7-12(17)10(8-11(9)16)5-4-6-23-22-14(19)20-13(18)21-15(22,2)3;/h4-5,7-8H,6H2,1-3H3,(H4,18,19,20,21);1H/b5-4+;. The summed E-state index contributed by atoms with van der Waals surface area (Å²) < 4.78 is 2.07. The third kappa shape index (κ3) is 4.95. The first-order valence-electron chi connectivity index (χ1n) is 6.95. The zero-order chi connectivity index (χ0) is 17.2. The van der Waals surface area contributed by atoms with E-state index in [1.807, 2.05) is 39.0 Å². The molecule has 6 nitrogen and oxygen atoms in total. The number of rotatable bonds is 4. The van der Waals surface area contributed by atoms with Gasteiger partial charge < -0.3 is 11.5 Å². The largest absolute Gasteiger partial charge is 0.368 e. The number of aliphatic imine (C=N–C) groups is 2. The molecule has 1 aliphatic heterocycles. The van der Waals surface area contributed by atoms with Gasteiger partial charge in [-0.25, -0.2) is 4.99 Å². The summed E-state index contributed by atoms with van der Waals surface area (Å²) in [5.41, 5.74) is 13.0. The van der Waals surface area contributed by atoms with Crippen molar-refractivity contribution in [3.8, 4) is 0 Å². The van der Waals surface area contributed by atoms with Gasteiger partial charge in [-0.3, -0.25) is 4.84 Å². The van der Waals surface area contributed by atoms with Crippen molar-refractivity contribution in [1.82, 2.24) is 5.06 Å². The molecule has 4 N–H and O–H groups in total. The van der Waals surface area contributed by atoms with Gasteiger partial charge in [-0.2, -0.15) is 10.1 Å². The number of nitrogens with two attached hydrogens (primary N) is 2. The highest BCUT2D eigenvalue weighted by Crippen LogP contribution is 2.26. The molecule has 0 saturated heterocycles. The van der Waals surface area contributed by atoms with Crippen LogP contribution in [-0.2, 0) is 4.84 Å². The molecule has 132 valence electrons. The van der Waals surface area contributed by atoms with E-state index in [-0.39, 0.29) is 24.3 Å². The molecule has 0 aliphatic carbocycles. The fourth-order valence-corrected chi connectivity index (χ4v) is 3.05. The van der Waals surface area contributed by atoms with Crippen molar-refractivity contribution in [3.63, 3.8) is 0 Å². The average Bonchev–Trinajstić information content (AvgIpc) is 2.41. The molecule has 9 heteroatoms. The Kier molecular flexibility index (Phi) is 7.27. The molecule has 2 rings (SSSR count). The number of guanidine groups is 2. The summed E-state index contributed by atoms with van der Waals surface area (Å²) in [6.45, 7) is 6.06. The maximum atomic E-state index is 5.85. The molecule has 0 aromatic heterocycles. The zero-order valence-corrected chi connectivity index (χ0v) is 17.6. The molecule has 0 spiro atoms. The van der Waals surface area contributed by atoms with Gasteiger partial charge in [0.1, 0.15) is 0 Å². The van der Waals surface area contributed by atoms with Gasteiger partial charge in [-0.1, -0.05) is 44.0 Å². The first kappa shape index (κ1) is 21.0. The molecular formula is C15H20Br2ClN5O. The van der Waals surface area contributed by atoms with E-state index < -0.39 is 5.66 Å². The van der Waals surface area contributed by atoms with Crippen LogP contribution in [0, 0.1) is 6.92 Å². The number of hydrogen-bond acceptors (Lipinski definition) is 6. The van der Waals surface area contributed by atoms with E-state index in [0.29, 0.717) is 6.61 Å². The van der Waals surface area contributed by atoms with Gasteiger partial charge in [-0.05, 0) is 44.0 Å². The van der Waals surface area contributed by atoms with Crippen LogP contribution >= 0.6 is 44.3 Å². The Morgan fingerprint density at radius 1 is 1.25 bits per heavy atom. The summed E-state index contributed by atoms with van der Waals surface area (Å²) in [5, 5.41) is 1.45. The number of hydrogen-bond donors (Lipinski definition) is 2. The van der Waals surface area contributed by atoms with Crippen molar-refractivity contribution in [2.24, 2.45) is 21.5 Å². The quantitative estimate of drug-likeness (QED) is 0.688. The second-order valence-corrected chi connectivity index (χ2v) is 7.26. The number of hydroxylamine groups is 2. The second-order valence-electron chi connectivity index (χ2n) is 5.55. The normalized spacial score (nSPS) is 16.6. The van der Waals surface area contributed by atoms with E-state index in [9.17, 15) is 0 Å². The van der Waals surface area contributed by atoms with E-state index in [4.69, 9.17) is 16.3 Å². The van der Waals surface area contributed by atoms with E-state index >= 15 is 0 Å². The second kappa shape index (κ2) is 8.33. The smallest absolute Gasteiger partial charge is 0.226 e. The molecule has 0 unspecified atom stereocenters. The summed E-state index contributed by atoms with van der Waals surface area (Å²) in [6, 6.07) is 4.10. The number of aryl methyl sites for hydroxylation is 1. The van der Waals surface area contributed by atoms with Crippen LogP contribution in [0.2, 0.25) is 0 Å². The minimum absolute atomic E-state index is 0. The zero-order valence-electron chi connectivity index (χ0n) is 13.6. The number of benzene rings is 1. The van der Waals surface area contributed by atoms with E-state index in [0.717, 1.165) is 14.5 Å². The highest BCUT2D eigenvalue weighted by molar-refractivity contribution is 9.11. The predicted molar refractivity (Wildman–Crippen MR) is 108 cm³/mol. The fourth-order valence-electron chi connectivity index (χ4n) is 2.10. The molecule has 0 bridgehead atoms. The van der Waals surface area contributed by atoms with Crippen LogP contribution in [0.5, 0.6) is 0 Å². The maximum absolute atomic E-state index is 5.85. The first-order chi connectivity index (χ1) is 10.7. The Bertz CT molecular complexity index is 703. The lowest BCUT2D eigenvalue weighted by Gasteiger charge is -2.36. The van der Waals surface area contributed by atoms with Crippen LogP contribution in [0.15, 0.2) is 37.1 Å². The number of nitrogens with zero attached hydrogens (tertiary/aromatic N) is 3. The van der Waals surface area contributed by atoms with Gasteiger partial charge in [0, 0.05) is 8.95 Å². The third-order valence-corrected chi connectivity index (χ3v) is 4.74. The van der Waals surface area contributed by atoms with Crippen molar-refractivity contribution in [1.29, 1.82) is 0 Å². The van der Waals surface area contributed by atoms with Crippen molar-refractivity contribution in [2.75, 3.05) is 6.61 Å². The fraction of sp³-hybridized carbons (Fsp3) is 0.333. The van der Waals surface area contributed by atoms with Crippen molar-refractivity contribution < 1.29 is 4.84 Å². The molecule has 1 aromatic carbocycles. The molecule has 0 amide bonds. The van der Waals surface area contributed by atoms with Crippen LogP contribution in [0.25, 0.3) is 6.08 Å². The molecule has 0 saturated carbocycles. The lowest BCUT2D eigenvalue weighted by Crippen LogP contribution is -2.53. The Labute approximate surface area is 164 Å². The summed E-state index contributed by atoms with van der Waals surface area (Å²) in [5.74, 6) is 0.339. The van der Waals surface area contributed by atoms with Crippen LogP contribution in [0.4, 0.5) is 0 Å². The van der Waals surface area contributed by atoms with Gasteiger partial charge in [0.15, 0.2) is 5.66 Å². The summed E-state index contributed by atoms with van der Waals surface area (Å²) in [4.78, 5) is 13.8. The minimum Gasteiger partial charge on any atom is -0.368 e. The molecular weight excluding hydrogens is 461 g/mol. The predicted octanol–water partition coefficient (Wildman–Crippen LogP) is 3.57. The van der Waals surface area contributed by atoms with Crippen LogP contribution < -0.4 is 11.5 Å². The van der Waals surface area contributed by atoms with E-state index in [2.05, 4.69) is 47.9 Å². The highest BCUT2D eigenvalue weighted by Gasteiger charge is 2.32. The summed E-state index contributed by atoms with van der Waals surface area (Å²) in [7, 11) is 0. The van der Waals surface area contributed by atoms with Gasteiger partial charge in [-0.15, -0.1) is 12.4 Å². The molecule has 0 atom stereocenters. The Hall–Kier alpha value is -1.09. The molecule has 1 heterocycles. The topological polar surface area (TPSA) is 89.2 Å². The molecule has 0 radical (unpaired) electrons. The van der Waals surface area contributed by atoms with Gasteiger partial charge in [0.05, 0.1) is 6.61 Å². The summed E-state index contributed by atoms with van der Waals surface area (Å²) >= 11 is 7.08. The van der Waals surface area contributed by atoms with Crippen LogP contribution in [0.3, 0.4) is 0 Å². The Morgan fingerprint density at radius 2 is 1.92 bits per heavy atom. The van der Waals surface area contributed by atoms with Crippen molar-refractivity contribution >= 4 is 62.3 Å². The van der Waals surface area contributed by atoms with E-state index in [1.54, 1.807) is 0 Å². The maximum Gasteiger partial charge on any atom is 0.226 e. The van der Waals surface area contributed by atoms with Crippen molar-refractivity contribution in [3.05, 3.63) is 38.3 Å². The van der Waals surface area contributed by atoms with Crippen LogP contribution in [-0.4, -0.2) is 29.3 Å². The SMILES string of the molecule is Cc1cc(Br)c(/C=C/CON2C(N)=NC(N)=NC2(C)C)cc1Br.Cl. The average molecular weight is 482 g/mol.